The van der Waals surface area contributed by atoms with Crippen molar-refractivity contribution < 1.29 is 28.5 Å². The lowest BCUT2D eigenvalue weighted by Crippen LogP contribution is -2.73. The fourth-order valence-electron chi connectivity index (χ4n) is 4.70. The van der Waals surface area contributed by atoms with Gasteiger partial charge in [-0.15, -0.1) is 9.97 Å². The summed E-state index contributed by atoms with van der Waals surface area (Å²) in [5.41, 5.74) is 0. The summed E-state index contributed by atoms with van der Waals surface area (Å²) < 4.78 is 20.7. The number of aromatic nitrogens is 6. The SMILES string of the molecule is COc1nc(OC)nc(N2CC[C@@H]3C(=O)[C@H]2[C@H]2C=CC(=O)[C@@H]3N2c2nc(OC)nc(OC)n2)n1. The highest BCUT2D eigenvalue weighted by Crippen LogP contribution is 2.41. The molecule has 0 aromatic carbocycles. The van der Waals surface area contributed by atoms with E-state index in [-0.39, 0.29) is 47.5 Å². The number of methoxy groups -OCH3 is 4. The van der Waals surface area contributed by atoms with E-state index in [0.717, 1.165) is 0 Å². The van der Waals surface area contributed by atoms with Crippen LogP contribution in [0.3, 0.4) is 0 Å². The Morgan fingerprint density at radius 2 is 1.29 bits per heavy atom. The number of carbonyl (C=O) groups excluding carboxylic acids is 2. The average molecular weight is 470 g/mol. The van der Waals surface area contributed by atoms with Crippen molar-refractivity contribution in [3.8, 4) is 24.0 Å². The Morgan fingerprint density at radius 1 is 0.765 bits per heavy atom. The number of Topliss-reactive ketones (excluding diaryl/α,β-unsaturated/α-hetero) is 1. The molecule has 0 unspecified atom stereocenters. The molecule has 2 aromatic heterocycles. The molecule has 5 rings (SSSR count). The molecule has 34 heavy (non-hydrogen) atoms. The van der Waals surface area contributed by atoms with Crippen molar-refractivity contribution in [1.82, 2.24) is 29.9 Å². The van der Waals surface area contributed by atoms with Crippen LogP contribution in [0.4, 0.5) is 11.9 Å². The lowest BCUT2D eigenvalue weighted by atomic mass is 9.72. The molecule has 4 bridgehead atoms. The first kappa shape index (κ1) is 21.7. The summed E-state index contributed by atoms with van der Waals surface area (Å²) in [5.74, 6) is -0.430. The summed E-state index contributed by atoms with van der Waals surface area (Å²) in [6, 6.07) is -1.88. The number of carbonyl (C=O) groups is 2. The number of piperidine rings is 2. The zero-order chi connectivity index (χ0) is 24.0. The highest BCUT2D eigenvalue weighted by molar-refractivity contribution is 6.07. The van der Waals surface area contributed by atoms with Gasteiger partial charge < -0.3 is 28.7 Å². The zero-order valence-electron chi connectivity index (χ0n) is 18.9. The molecular formula is C20H22N8O6. The molecule has 2 aromatic rings. The van der Waals surface area contributed by atoms with Gasteiger partial charge in [-0.25, -0.2) is 0 Å². The van der Waals surface area contributed by atoms with Gasteiger partial charge in [-0.3, -0.25) is 9.59 Å². The Kier molecular flexibility index (Phi) is 5.34. The van der Waals surface area contributed by atoms with E-state index in [2.05, 4.69) is 29.9 Å². The summed E-state index contributed by atoms with van der Waals surface area (Å²) in [6.07, 6.45) is 3.58. The summed E-state index contributed by atoms with van der Waals surface area (Å²) in [6.45, 7) is 0.448. The summed E-state index contributed by atoms with van der Waals surface area (Å²) in [4.78, 5) is 55.5. The second-order valence-corrected chi connectivity index (χ2v) is 7.76. The second kappa shape index (κ2) is 8.35. The van der Waals surface area contributed by atoms with Crippen molar-refractivity contribution in [2.75, 3.05) is 44.8 Å². The molecule has 0 amide bonds. The third kappa shape index (κ3) is 3.33. The van der Waals surface area contributed by atoms with Gasteiger partial charge in [0.1, 0.15) is 12.1 Å². The molecule has 0 aliphatic carbocycles. The highest BCUT2D eigenvalue weighted by Gasteiger charge is 2.57. The van der Waals surface area contributed by atoms with E-state index >= 15 is 0 Å². The van der Waals surface area contributed by atoms with Crippen LogP contribution in [0.15, 0.2) is 12.2 Å². The van der Waals surface area contributed by atoms with Crippen molar-refractivity contribution in [3.05, 3.63) is 12.2 Å². The van der Waals surface area contributed by atoms with E-state index in [4.69, 9.17) is 18.9 Å². The van der Waals surface area contributed by atoms with Crippen LogP contribution in [0.2, 0.25) is 0 Å². The van der Waals surface area contributed by atoms with Gasteiger partial charge in [-0.05, 0) is 12.5 Å². The number of hydrogen-bond acceptors (Lipinski definition) is 14. The van der Waals surface area contributed by atoms with Gasteiger partial charge in [-0.1, -0.05) is 6.08 Å². The lowest BCUT2D eigenvalue weighted by molar-refractivity contribution is -0.133. The third-order valence-corrected chi connectivity index (χ3v) is 6.13. The minimum atomic E-state index is -0.750. The molecule has 0 spiro atoms. The van der Waals surface area contributed by atoms with Crippen molar-refractivity contribution >= 4 is 23.5 Å². The molecule has 3 aliphatic rings. The van der Waals surface area contributed by atoms with Gasteiger partial charge in [-0.2, -0.15) is 19.9 Å². The van der Waals surface area contributed by atoms with Crippen LogP contribution in [-0.4, -0.2) is 94.6 Å². The van der Waals surface area contributed by atoms with Crippen LogP contribution < -0.4 is 28.7 Å². The maximum atomic E-state index is 13.6. The fourth-order valence-corrected chi connectivity index (χ4v) is 4.70. The molecule has 2 saturated heterocycles. The van der Waals surface area contributed by atoms with Crippen LogP contribution >= 0.6 is 0 Å². The number of rotatable bonds is 6. The zero-order valence-corrected chi connectivity index (χ0v) is 18.9. The molecule has 4 atom stereocenters. The molecule has 0 saturated carbocycles. The Labute approximate surface area is 194 Å². The lowest BCUT2D eigenvalue weighted by Gasteiger charge is -2.54. The summed E-state index contributed by atoms with van der Waals surface area (Å²) in [5, 5.41) is 0. The summed E-state index contributed by atoms with van der Waals surface area (Å²) >= 11 is 0. The van der Waals surface area contributed by atoms with E-state index in [0.29, 0.717) is 13.0 Å². The standard InChI is InChI=1S/C20H22N8O6/c1-31-17-21-15(22-18(25-17)32-2)27-8-7-9-12-11(29)6-5-10(13(27)14(9)30)28(12)16-23-19(33-3)26-20(24-16)34-4/h5-6,9-10,12-13H,7-8H2,1-4H3/t9-,10+,12+,13+/m0/s1. The molecular weight excluding hydrogens is 448 g/mol. The first-order valence-corrected chi connectivity index (χ1v) is 10.5. The van der Waals surface area contributed by atoms with E-state index in [1.807, 2.05) is 0 Å². The number of ketones is 2. The third-order valence-electron chi connectivity index (χ3n) is 6.13. The Hall–Kier alpha value is -4.10. The molecule has 0 radical (unpaired) electrons. The van der Waals surface area contributed by atoms with E-state index in [1.54, 1.807) is 15.9 Å². The van der Waals surface area contributed by atoms with Crippen LogP contribution in [0.1, 0.15) is 6.42 Å². The molecule has 3 aliphatic heterocycles. The van der Waals surface area contributed by atoms with E-state index < -0.39 is 24.0 Å². The van der Waals surface area contributed by atoms with Gasteiger partial charge in [0.25, 0.3) is 0 Å². The molecule has 5 heterocycles. The second-order valence-electron chi connectivity index (χ2n) is 7.76. The van der Waals surface area contributed by atoms with Gasteiger partial charge >= 0.3 is 24.0 Å². The fraction of sp³-hybridized carbons (Fsp3) is 0.500. The van der Waals surface area contributed by atoms with Crippen molar-refractivity contribution in [1.29, 1.82) is 0 Å². The Balaban J connectivity index is 1.63. The quantitative estimate of drug-likeness (QED) is 0.520. The van der Waals surface area contributed by atoms with Gasteiger partial charge in [0.05, 0.1) is 34.5 Å². The molecule has 2 fully saturated rings. The Morgan fingerprint density at radius 3 is 1.82 bits per heavy atom. The molecule has 14 heteroatoms. The monoisotopic (exact) mass is 470 g/mol. The summed E-state index contributed by atoms with van der Waals surface area (Å²) in [7, 11) is 5.70. The normalized spacial score (nSPS) is 25.3. The number of fused-ring (bicyclic) bond motifs is 6. The molecule has 178 valence electrons. The first-order valence-electron chi connectivity index (χ1n) is 10.5. The van der Waals surface area contributed by atoms with Gasteiger partial charge in [0.15, 0.2) is 11.6 Å². The maximum absolute atomic E-state index is 13.6. The minimum Gasteiger partial charge on any atom is -0.467 e. The van der Waals surface area contributed by atoms with Crippen LogP contribution in [0, 0.1) is 5.92 Å². The average Bonchev–Trinajstić information content (AvgIpc) is 2.87. The maximum Gasteiger partial charge on any atom is 0.324 e. The number of hydrogen-bond donors (Lipinski definition) is 0. The largest absolute Gasteiger partial charge is 0.467 e. The predicted molar refractivity (Wildman–Crippen MR) is 114 cm³/mol. The van der Waals surface area contributed by atoms with Gasteiger partial charge in [0, 0.05) is 12.5 Å². The van der Waals surface area contributed by atoms with Crippen LogP contribution in [0.25, 0.3) is 0 Å². The number of nitrogens with zero attached hydrogens (tertiary/aromatic N) is 8. The Bertz CT molecular complexity index is 1130. The van der Waals surface area contributed by atoms with E-state index in [1.165, 1.54) is 34.5 Å². The van der Waals surface area contributed by atoms with Crippen molar-refractivity contribution in [2.45, 2.75) is 24.5 Å². The first-order chi connectivity index (χ1) is 16.5. The molecule has 0 N–H and O–H groups in total. The van der Waals surface area contributed by atoms with Crippen LogP contribution in [-0.2, 0) is 9.59 Å². The smallest absolute Gasteiger partial charge is 0.324 e. The van der Waals surface area contributed by atoms with Crippen LogP contribution in [0.5, 0.6) is 24.0 Å². The number of anilines is 2. The number of ether oxygens (including phenoxy) is 4. The predicted octanol–water partition coefficient (Wildman–Crippen LogP) is -0.749. The minimum absolute atomic E-state index is 0.0298. The highest BCUT2D eigenvalue weighted by atomic mass is 16.5. The van der Waals surface area contributed by atoms with Crippen molar-refractivity contribution in [2.24, 2.45) is 5.92 Å². The van der Waals surface area contributed by atoms with Crippen molar-refractivity contribution in [3.63, 3.8) is 0 Å². The van der Waals surface area contributed by atoms with E-state index in [9.17, 15) is 9.59 Å². The molecule has 14 nitrogen and oxygen atoms in total. The topological polar surface area (TPSA) is 155 Å². The van der Waals surface area contributed by atoms with Gasteiger partial charge in [0.2, 0.25) is 11.9 Å².